The predicted octanol–water partition coefficient (Wildman–Crippen LogP) is 2.75. The van der Waals surface area contributed by atoms with Crippen molar-refractivity contribution in [2.24, 2.45) is 5.73 Å². The predicted molar refractivity (Wildman–Crippen MR) is 79.7 cm³/mol. The van der Waals surface area contributed by atoms with E-state index in [1.807, 2.05) is 0 Å². The summed E-state index contributed by atoms with van der Waals surface area (Å²) in [5.41, 5.74) is 5.13. The molecule has 0 spiro atoms. The summed E-state index contributed by atoms with van der Waals surface area (Å²) >= 11 is 3.28. The number of rotatable bonds is 4. The molecule has 0 radical (unpaired) electrons. The Morgan fingerprint density at radius 3 is 2.45 bits per heavy atom. The number of hydrogen-bond acceptors (Lipinski definition) is 3. The monoisotopic (exact) mass is 340 g/mol. The van der Waals surface area contributed by atoms with Gasteiger partial charge in [-0.05, 0) is 31.0 Å². The molecule has 4 N–H and O–H groups in total. The van der Waals surface area contributed by atoms with E-state index in [9.17, 15) is 14.7 Å². The van der Waals surface area contributed by atoms with E-state index in [2.05, 4.69) is 21.2 Å². The molecule has 0 atom stereocenters. The molecule has 0 aromatic heterocycles. The van der Waals surface area contributed by atoms with Crippen LogP contribution in [0.2, 0.25) is 0 Å². The lowest BCUT2D eigenvalue weighted by atomic mass is 9.81. The molecule has 1 fully saturated rings. The second-order valence-electron chi connectivity index (χ2n) is 5.13. The Labute approximate surface area is 125 Å². The molecule has 5 nitrogen and oxygen atoms in total. The van der Waals surface area contributed by atoms with E-state index in [1.54, 1.807) is 18.2 Å². The van der Waals surface area contributed by atoms with E-state index in [0.29, 0.717) is 24.1 Å². The highest BCUT2D eigenvalue weighted by Crippen LogP contribution is 2.33. The maximum absolute atomic E-state index is 11.6. The lowest BCUT2D eigenvalue weighted by Gasteiger charge is -2.35. The number of anilines is 1. The minimum Gasteiger partial charge on any atom is -0.480 e. The van der Waals surface area contributed by atoms with Gasteiger partial charge in [0.15, 0.2) is 0 Å². The summed E-state index contributed by atoms with van der Waals surface area (Å²) in [4.78, 5) is 23.1. The van der Waals surface area contributed by atoms with Crippen LogP contribution in [0, 0.1) is 0 Å². The fourth-order valence-corrected chi connectivity index (χ4v) is 3.00. The molecule has 0 saturated heterocycles. The van der Waals surface area contributed by atoms with Gasteiger partial charge in [0, 0.05) is 10.2 Å². The molecular weight excluding hydrogens is 324 g/mol. The van der Waals surface area contributed by atoms with Crippen LogP contribution in [-0.2, 0) is 4.79 Å². The third-order valence-electron chi connectivity index (χ3n) is 3.74. The van der Waals surface area contributed by atoms with Crippen molar-refractivity contribution in [3.8, 4) is 0 Å². The number of benzene rings is 1. The maximum atomic E-state index is 11.6. The Hall–Kier alpha value is -1.56. The van der Waals surface area contributed by atoms with Gasteiger partial charge in [-0.1, -0.05) is 35.2 Å². The molecule has 1 aliphatic carbocycles. The molecule has 1 aliphatic rings. The molecule has 0 aliphatic heterocycles. The van der Waals surface area contributed by atoms with Gasteiger partial charge in [-0.15, -0.1) is 0 Å². The Bertz CT molecular complexity index is 539. The highest BCUT2D eigenvalue weighted by molar-refractivity contribution is 9.10. The first-order valence-corrected chi connectivity index (χ1v) is 7.35. The molecular formula is C14H17BrN2O3. The number of carboxylic acid groups (broad SMARTS) is 1. The van der Waals surface area contributed by atoms with Crippen LogP contribution in [0.1, 0.15) is 42.5 Å². The lowest BCUT2D eigenvalue weighted by molar-refractivity contribution is -0.143. The number of halogens is 1. The first kappa shape index (κ1) is 14.8. The van der Waals surface area contributed by atoms with E-state index < -0.39 is 17.4 Å². The van der Waals surface area contributed by atoms with Gasteiger partial charge in [-0.2, -0.15) is 0 Å². The van der Waals surface area contributed by atoms with Gasteiger partial charge >= 0.3 is 5.97 Å². The van der Waals surface area contributed by atoms with Gasteiger partial charge in [-0.25, -0.2) is 4.79 Å². The Morgan fingerprint density at radius 2 is 1.90 bits per heavy atom. The molecule has 0 heterocycles. The molecule has 0 unspecified atom stereocenters. The van der Waals surface area contributed by atoms with Gasteiger partial charge in [-0.3, -0.25) is 4.79 Å². The summed E-state index contributed by atoms with van der Waals surface area (Å²) < 4.78 is 0.727. The molecule has 108 valence electrons. The molecule has 1 aromatic carbocycles. The maximum Gasteiger partial charge on any atom is 0.329 e. The summed E-state index contributed by atoms with van der Waals surface area (Å²) in [6.07, 6.45) is 3.87. The quantitative estimate of drug-likeness (QED) is 0.785. The molecule has 20 heavy (non-hydrogen) atoms. The third kappa shape index (κ3) is 2.95. The average Bonchev–Trinajstić information content (AvgIpc) is 2.41. The number of carboxylic acids is 1. The van der Waals surface area contributed by atoms with Crippen LogP contribution in [0.3, 0.4) is 0 Å². The standard InChI is InChI=1S/C14H17BrN2O3/c15-9-4-5-11(10(8-9)12(16)18)17-14(13(19)20)6-2-1-3-7-14/h4-5,8,17H,1-3,6-7H2,(H2,16,18)(H,19,20). The Balaban J connectivity index is 2.36. The van der Waals surface area contributed by atoms with Crippen molar-refractivity contribution in [3.63, 3.8) is 0 Å². The van der Waals surface area contributed by atoms with Crippen molar-refractivity contribution < 1.29 is 14.7 Å². The lowest BCUT2D eigenvalue weighted by Crippen LogP contribution is -2.48. The van der Waals surface area contributed by atoms with Crippen LogP contribution in [0.15, 0.2) is 22.7 Å². The van der Waals surface area contributed by atoms with Crippen molar-refractivity contribution in [1.29, 1.82) is 0 Å². The van der Waals surface area contributed by atoms with Crippen molar-refractivity contribution in [2.45, 2.75) is 37.6 Å². The highest BCUT2D eigenvalue weighted by Gasteiger charge is 2.40. The van der Waals surface area contributed by atoms with Crippen molar-refractivity contribution >= 4 is 33.5 Å². The van der Waals surface area contributed by atoms with Gasteiger partial charge in [0.1, 0.15) is 5.54 Å². The first-order valence-electron chi connectivity index (χ1n) is 6.55. The zero-order valence-corrected chi connectivity index (χ0v) is 12.6. The zero-order valence-electron chi connectivity index (χ0n) is 11.0. The highest BCUT2D eigenvalue weighted by atomic mass is 79.9. The Morgan fingerprint density at radius 1 is 1.25 bits per heavy atom. The van der Waals surface area contributed by atoms with E-state index in [1.165, 1.54) is 0 Å². The number of carbonyl (C=O) groups is 2. The van der Waals surface area contributed by atoms with Crippen molar-refractivity contribution in [1.82, 2.24) is 0 Å². The summed E-state index contributed by atoms with van der Waals surface area (Å²) in [7, 11) is 0. The van der Waals surface area contributed by atoms with Crippen LogP contribution in [0.25, 0.3) is 0 Å². The van der Waals surface area contributed by atoms with E-state index in [4.69, 9.17) is 5.73 Å². The van der Waals surface area contributed by atoms with Crippen LogP contribution in [0.4, 0.5) is 5.69 Å². The van der Waals surface area contributed by atoms with Crippen LogP contribution >= 0.6 is 15.9 Å². The minimum atomic E-state index is -1.00. The second-order valence-corrected chi connectivity index (χ2v) is 6.04. The fraction of sp³-hybridized carbons (Fsp3) is 0.429. The number of nitrogens with two attached hydrogens (primary N) is 1. The number of nitrogens with one attached hydrogen (secondary N) is 1. The summed E-state index contributed by atoms with van der Waals surface area (Å²) in [5.74, 6) is -1.46. The fourth-order valence-electron chi connectivity index (χ4n) is 2.63. The second kappa shape index (κ2) is 5.83. The number of primary amides is 1. The molecule has 1 saturated carbocycles. The normalized spacial score (nSPS) is 17.4. The van der Waals surface area contributed by atoms with Crippen LogP contribution in [0.5, 0.6) is 0 Å². The molecule has 0 bridgehead atoms. The van der Waals surface area contributed by atoms with Crippen molar-refractivity contribution in [3.05, 3.63) is 28.2 Å². The number of carbonyl (C=O) groups excluding carboxylic acids is 1. The zero-order chi connectivity index (χ0) is 14.8. The third-order valence-corrected chi connectivity index (χ3v) is 4.23. The summed E-state index contributed by atoms with van der Waals surface area (Å²) in [5, 5.41) is 12.6. The molecule has 2 rings (SSSR count). The van der Waals surface area contributed by atoms with E-state index in [0.717, 1.165) is 23.7 Å². The minimum absolute atomic E-state index is 0.297. The smallest absolute Gasteiger partial charge is 0.329 e. The van der Waals surface area contributed by atoms with Crippen molar-refractivity contribution in [2.75, 3.05) is 5.32 Å². The summed E-state index contributed by atoms with van der Waals surface area (Å²) in [6, 6.07) is 5.04. The van der Waals surface area contributed by atoms with Gasteiger partial charge in [0.25, 0.3) is 5.91 Å². The van der Waals surface area contributed by atoms with Gasteiger partial charge in [0.05, 0.1) is 5.56 Å². The largest absolute Gasteiger partial charge is 0.480 e. The number of aliphatic carboxylic acids is 1. The average molecular weight is 341 g/mol. The van der Waals surface area contributed by atoms with Crippen LogP contribution < -0.4 is 11.1 Å². The SMILES string of the molecule is NC(=O)c1cc(Br)ccc1NC1(C(=O)O)CCCCC1. The van der Waals surface area contributed by atoms with Gasteiger partial charge in [0.2, 0.25) is 0 Å². The van der Waals surface area contributed by atoms with Gasteiger partial charge < -0.3 is 16.2 Å². The topological polar surface area (TPSA) is 92.4 Å². The molecule has 6 heteroatoms. The number of amides is 1. The van der Waals surface area contributed by atoms with E-state index in [-0.39, 0.29) is 0 Å². The molecule has 1 aromatic rings. The van der Waals surface area contributed by atoms with E-state index >= 15 is 0 Å². The first-order chi connectivity index (χ1) is 9.44. The number of hydrogen-bond donors (Lipinski definition) is 3. The van der Waals surface area contributed by atoms with Crippen LogP contribution in [-0.4, -0.2) is 22.5 Å². The Kier molecular flexibility index (Phi) is 4.32. The molecule has 1 amide bonds. The summed E-state index contributed by atoms with van der Waals surface area (Å²) in [6.45, 7) is 0.